The Kier molecular flexibility index (Phi) is 7.00. The maximum Gasteiger partial charge on any atom is 0.305 e. The fourth-order valence-electron chi connectivity index (χ4n) is 2.44. The zero-order valence-electron chi connectivity index (χ0n) is 15.3. The van der Waals surface area contributed by atoms with Gasteiger partial charge < -0.3 is 19.4 Å². The summed E-state index contributed by atoms with van der Waals surface area (Å²) in [5.41, 5.74) is 0.561. The summed E-state index contributed by atoms with van der Waals surface area (Å²) in [5.74, 6) is -0.139. The van der Waals surface area contributed by atoms with Crippen LogP contribution in [0, 0.1) is 0 Å². The summed E-state index contributed by atoms with van der Waals surface area (Å²) in [4.78, 5) is 22.4. The molecule has 0 unspecified atom stereocenters. The molecule has 0 atom stereocenters. The molecule has 3 aromatic rings. The van der Waals surface area contributed by atoms with Crippen molar-refractivity contribution in [3.05, 3.63) is 58.8 Å². The molecular formula is C21H22O6. The number of rotatable bonds is 4. The van der Waals surface area contributed by atoms with Crippen LogP contribution in [-0.2, 0) is 9.53 Å². The fourth-order valence-corrected chi connectivity index (χ4v) is 2.44. The quantitative estimate of drug-likeness (QED) is 0.668. The molecule has 0 saturated carbocycles. The highest BCUT2D eigenvalue weighted by molar-refractivity contribution is 5.85. The lowest BCUT2D eigenvalue weighted by Crippen LogP contribution is -2.01. The van der Waals surface area contributed by atoms with Gasteiger partial charge in [0.1, 0.15) is 28.2 Å². The third-order valence-electron chi connectivity index (χ3n) is 3.61. The highest BCUT2D eigenvalue weighted by atomic mass is 16.5. The van der Waals surface area contributed by atoms with Gasteiger partial charge in [0.2, 0.25) is 0 Å². The molecule has 0 saturated heterocycles. The van der Waals surface area contributed by atoms with Gasteiger partial charge in [0.05, 0.1) is 6.61 Å². The van der Waals surface area contributed by atoms with E-state index in [1.807, 2.05) is 44.2 Å². The first kappa shape index (κ1) is 20.0. The van der Waals surface area contributed by atoms with Crippen molar-refractivity contribution < 1.29 is 24.2 Å². The number of benzene rings is 2. The average molecular weight is 370 g/mol. The molecule has 0 aliphatic heterocycles. The Labute approximate surface area is 156 Å². The molecule has 0 aliphatic rings. The summed E-state index contributed by atoms with van der Waals surface area (Å²) >= 11 is 0. The van der Waals surface area contributed by atoms with E-state index in [0.717, 1.165) is 18.1 Å². The zero-order valence-corrected chi connectivity index (χ0v) is 15.3. The Morgan fingerprint density at radius 2 is 1.78 bits per heavy atom. The number of ether oxygens (including phenoxy) is 1. The predicted molar refractivity (Wildman–Crippen MR) is 103 cm³/mol. The Morgan fingerprint density at radius 3 is 2.41 bits per heavy atom. The van der Waals surface area contributed by atoms with Crippen LogP contribution in [0.25, 0.3) is 22.3 Å². The minimum Gasteiger partial charge on any atom is -0.508 e. The third kappa shape index (κ3) is 5.34. The zero-order chi connectivity index (χ0) is 19.8. The van der Waals surface area contributed by atoms with Gasteiger partial charge in [-0.15, -0.1) is 0 Å². The molecule has 27 heavy (non-hydrogen) atoms. The number of hydrogen-bond donors (Lipinski definition) is 2. The van der Waals surface area contributed by atoms with Gasteiger partial charge in [-0.25, -0.2) is 0 Å². The summed E-state index contributed by atoms with van der Waals surface area (Å²) in [5, 5.41) is 19.2. The van der Waals surface area contributed by atoms with E-state index in [2.05, 4.69) is 4.74 Å². The van der Waals surface area contributed by atoms with Crippen molar-refractivity contribution >= 4 is 16.9 Å². The van der Waals surface area contributed by atoms with Gasteiger partial charge in [0.25, 0.3) is 0 Å². The predicted octanol–water partition coefficient (Wildman–Crippen LogP) is 4.22. The standard InChI is InChI=1S/C15H10O4.C6H12O2/c16-10-6-11(17)15-12(18)8-13(19-14(15)7-10)9-4-2-1-3-5-9;1-3-5-6(7)8-4-2/h1-8,16-17H;3-5H2,1-2H3. The smallest absolute Gasteiger partial charge is 0.305 e. The normalized spacial score (nSPS) is 10.1. The summed E-state index contributed by atoms with van der Waals surface area (Å²) < 4.78 is 10.2. The van der Waals surface area contributed by atoms with E-state index in [4.69, 9.17) is 4.42 Å². The average Bonchev–Trinajstić information content (AvgIpc) is 2.62. The maximum absolute atomic E-state index is 12.0. The van der Waals surface area contributed by atoms with Gasteiger partial charge in [-0.3, -0.25) is 9.59 Å². The van der Waals surface area contributed by atoms with Crippen molar-refractivity contribution in [3.8, 4) is 22.8 Å². The number of phenolic OH excluding ortho intramolecular Hbond substituents is 2. The number of esters is 1. The molecule has 0 aliphatic carbocycles. The largest absolute Gasteiger partial charge is 0.508 e. The van der Waals surface area contributed by atoms with Crippen LogP contribution in [0.1, 0.15) is 26.7 Å². The number of fused-ring (bicyclic) bond motifs is 1. The molecule has 1 aromatic heterocycles. The first-order valence-electron chi connectivity index (χ1n) is 8.67. The first-order chi connectivity index (χ1) is 13.0. The lowest BCUT2D eigenvalue weighted by molar-refractivity contribution is -0.143. The van der Waals surface area contributed by atoms with Crippen LogP contribution in [0.2, 0.25) is 0 Å². The number of phenols is 2. The number of hydrogen-bond acceptors (Lipinski definition) is 6. The van der Waals surface area contributed by atoms with E-state index in [9.17, 15) is 19.8 Å². The van der Waals surface area contributed by atoms with Crippen LogP contribution < -0.4 is 5.43 Å². The molecule has 0 fully saturated rings. The van der Waals surface area contributed by atoms with Crippen molar-refractivity contribution in [1.29, 1.82) is 0 Å². The van der Waals surface area contributed by atoms with Crippen LogP contribution >= 0.6 is 0 Å². The van der Waals surface area contributed by atoms with Crippen LogP contribution in [0.4, 0.5) is 0 Å². The van der Waals surface area contributed by atoms with Gasteiger partial charge in [-0.1, -0.05) is 37.3 Å². The highest BCUT2D eigenvalue weighted by Crippen LogP contribution is 2.30. The molecule has 0 bridgehead atoms. The second-order valence-corrected chi connectivity index (χ2v) is 5.73. The van der Waals surface area contributed by atoms with E-state index in [0.29, 0.717) is 18.8 Å². The molecule has 0 spiro atoms. The minimum absolute atomic E-state index is 0.0671. The van der Waals surface area contributed by atoms with E-state index in [-0.39, 0.29) is 33.9 Å². The molecule has 0 radical (unpaired) electrons. The molecule has 3 rings (SSSR count). The molecule has 142 valence electrons. The number of aromatic hydroxyl groups is 2. The molecule has 1 heterocycles. The van der Waals surface area contributed by atoms with Crippen LogP contribution in [-0.4, -0.2) is 22.8 Å². The Bertz CT molecular complexity index is 952. The van der Waals surface area contributed by atoms with E-state index in [1.165, 1.54) is 12.1 Å². The topological polar surface area (TPSA) is 97.0 Å². The molecule has 6 nitrogen and oxygen atoms in total. The Hall–Kier alpha value is -3.28. The molecule has 6 heteroatoms. The summed E-state index contributed by atoms with van der Waals surface area (Å²) in [6, 6.07) is 12.9. The highest BCUT2D eigenvalue weighted by Gasteiger charge is 2.11. The van der Waals surface area contributed by atoms with Gasteiger partial charge in [0.15, 0.2) is 5.43 Å². The second-order valence-electron chi connectivity index (χ2n) is 5.73. The number of carbonyl (C=O) groups excluding carboxylic acids is 1. The van der Waals surface area contributed by atoms with E-state index < -0.39 is 0 Å². The fraction of sp³-hybridized carbons (Fsp3) is 0.238. The summed E-state index contributed by atoms with van der Waals surface area (Å²) in [6.45, 7) is 4.27. The van der Waals surface area contributed by atoms with Crippen LogP contribution in [0.15, 0.2) is 57.7 Å². The Morgan fingerprint density at radius 1 is 1.07 bits per heavy atom. The van der Waals surface area contributed by atoms with Gasteiger partial charge >= 0.3 is 5.97 Å². The molecular weight excluding hydrogens is 348 g/mol. The Balaban J connectivity index is 0.000000279. The van der Waals surface area contributed by atoms with Gasteiger partial charge in [-0.05, 0) is 13.3 Å². The van der Waals surface area contributed by atoms with Crippen molar-refractivity contribution in [2.75, 3.05) is 6.61 Å². The van der Waals surface area contributed by atoms with Crippen molar-refractivity contribution in [2.45, 2.75) is 26.7 Å². The first-order valence-corrected chi connectivity index (χ1v) is 8.67. The minimum atomic E-state index is -0.349. The van der Waals surface area contributed by atoms with Gasteiger partial charge in [0, 0.05) is 30.2 Å². The molecule has 2 aromatic carbocycles. The molecule has 2 N–H and O–H groups in total. The lowest BCUT2D eigenvalue weighted by atomic mass is 10.1. The van der Waals surface area contributed by atoms with Gasteiger partial charge in [-0.2, -0.15) is 0 Å². The van der Waals surface area contributed by atoms with Crippen LogP contribution in [0.3, 0.4) is 0 Å². The van der Waals surface area contributed by atoms with Crippen LogP contribution in [0.5, 0.6) is 11.5 Å². The van der Waals surface area contributed by atoms with E-state index >= 15 is 0 Å². The SMILES string of the molecule is CCCC(=O)OCC.O=c1cc(-c2ccccc2)oc2cc(O)cc(O)c12. The van der Waals surface area contributed by atoms with Crippen molar-refractivity contribution in [2.24, 2.45) is 0 Å². The van der Waals surface area contributed by atoms with Crippen molar-refractivity contribution in [3.63, 3.8) is 0 Å². The number of carbonyl (C=O) groups is 1. The summed E-state index contributed by atoms with van der Waals surface area (Å²) in [6.07, 6.45) is 1.42. The second kappa shape index (κ2) is 9.43. The summed E-state index contributed by atoms with van der Waals surface area (Å²) in [7, 11) is 0. The lowest BCUT2D eigenvalue weighted by Gasteiger charge is -2.04. The van der Waals surface area contributed by atoms with Crippen molar-refractivity contribution in [1.82, 2.24) is 0 Å². The monoisotopic (exact) mass is 370 g/mol. The third-order valence-corrected chi connectivity index (χ3v) is 3.61. The van der Waals surface area contributed by atoms with E-state index in [1.54, 1.807) is 0 Å². The maximum atomic E-state index is 12.0. The molecule has 0 amide bonds.